The summed E-state index contributed by atoms with van der Waals surface area (Å²) < 4.78 is 14.7. The van der Waals surface area contributed by atoms with E-state index < -0.39 is 0 Å². The van der Waals surface area contributed by atoms with E-state index in [0.717, 1.165) is 26.9 Å². The van der Waals surface area contributed by atoms with Gasteiger partial charge in [0.2, 0.25) is 4.96 Å². The molecule has 0 saturated heterocycles. The molecule has 0 radical (unpaired) electrons. The zero-order valence-electron chi connectivity index (χ0n) is 12.6. The lowest BCUT2D eigenvalue weighted by molar-refractivity contribution is 0.627. The minimum atomic E-state index is -0.243. The van der Waals surface area contributed by atoms with Gasteiger partial charge in [-0.3, -0.25) is 0 Å². The zero-order valence-corrected chi connectivity index (χ0v) is 13.4. The second-order valence-corrected chi connectivity index (χ2v) is 6.29. The van der Waals surface area contributed by atoms with Crippen molar-refractivity contribution in [2.75, 3.05) is 0 Å². The maximum Gasteiger partial charge on any atom is 0.234 e. The monoisotopic (exact) mass is 336 g/mol. The zero-order chi connectivity index (χ0) is 16.4. The summed E-state index contributed by atoms with van der Waals surface area (Å²) in [6.45, 7) is 0. The van der Waals surface area contributed by atoms with Crippen LogP contribution in [-0.4, -0.2) is 19.8 Å². The van der Waals surface area contributed by atoms with Crippen molar-refractivity contribution >= 4 is 28.4 Å². The van der Waals surface area contributed by atoms with Crippen molar-refractivity contribution in [3.63, 3.8) is 0 Å². The Morgan fingerprint density at radius 2 is 1.75 bits per heavy atom. The Kier molecular flexibility index (Phi) is 3.88. The number of fused-ring (bicyclic) bond motifs is 1. The van der Waals surface area contributed by atoms with Gasteiger partial charge in [-0.2, -0.15) is 9.61 Å². The molecule has 0 bridgehead atoms. The number of nitrogens with zero attached hydrogens (tertiary/aromatic N) is 4. The van der Waals surface area contributed by atoms with Gasteiger partial charge in [-0.25, -0.2) is 4.39 Å². The standard InChI is InChI=1S/C18H13FN4S/c19-15-9-6-14(7-10-15)12-16-20-21-18-23(16)22-17(24-18)11-8-13-4-2-1-3-5-13/h1-11H,12H2. The number of hydrogen-bond acceptors (Lipinski definition) is 4. The Bertz CT molecular complexity index is 987. The van der Waals surface area contributed by atoms with Crippen LogP contribution in [0.1, 0.15) is 22.0 Å². The number of aromatic nitrogens is 4. The Morgan fingerprint density at radius 3 is 2.54 bits per heavy atom. The van der Waals surface area contributed by atoms with Crippen molar-refractivity contribution in [2.45, 2.75) is 6.42 Å². The quantitative estimate of drug-likeness (QED) is 0.564. The molecule has 0 unspecified atom stereocenters. The number of rotatable bonds is 4. The average molecular weight is 336 g/mol. The maximum atomic E-state index is 13.0. The molecule has 24 heavy (non-hydrogen) atoms. The minimum Gasteiger partial charge on any atom is -0.207 e. The van der Waals surface area contributed by atoms with Gasteiger partial charge in [0.1, 0.15) is 10.8 Å². The first-order valence-corrected chi connectivity index (χ1v) is 8.28. The molecule has 0 atom stereocenters. The van der Waals surface area contributed by atoms with E-state index in [0.29, 0.717) is 6.42 Å². The largest absolute Gasteiger partial charge is 0.234 e. The van der Waals surface area contributed by atoms with E-state index in [2.05, 4.69) is 15.3 Å². The first kappa shape index (κ1) is 14.7. The van der Waals surface area contributed by atoms with Crippen molar-refractivity contribution in [3.05, 3.63) is 82.4 Å². The number of benzene rings is 2. The molecule has 4 nitrogen and oxygen atoms in total. The van der Waals surface area contributed by atoms with Crippen LogP contribution in [0.4, 0.5) is 4.39 Å². The topological polar surface area (TPSA) is 43.1 Å². The molecule has 0 aliphatic rings. The van der Waals surface area contributed by atoms with Gasteiger partial charge < -0.3 is 0 Å². The summed E-state index contributed by atoms with van der Waals surface area (Å²) in [6.07, 6.45) is 4.55. The van der Waals surface area contributed by atoms with Crippen LogP contribution in [-0.2, 0) is 6.42 Å². The fourth-order valence-corrected chi connectivity index (χ4v) is 3.13. The molecule has 0 N–H and O–H groups in total. The van der Waals surface area contributed by atoms with E-state index in [-0.39, 0.29) is 5.82 Å². The minimum absolute atomic E-state index is 0.243. The van der Waals surface area contributed by atoms with Crippen LogP contribution in [0.25, 0.3) is 17.1 Å². The van der Waals surface area contributed by atoms with Crippen LogP contribution in [0.15, 0.2) is 54.6 Å². The summed E-state index contributed by atoms with van der Waals surface area (Å²) in [6, 6.07) is 16.5. The molecule has 0 saturated carbocycles. The van der Waals surface area contributed by atoms with Gasteiger partial charge in [-0.15, -0.1) is 10.2 Å². The third-order valence-electron chi connectivity index (χ3n) is 3.56. The molecule has 0 fully saturated rings. The molecule has 0 aliphatic heterocycles. The smallest absolute Gasteiger partial charge is 0.207 e. The lowest BCUT2D eigenvalue weighted by atomic mass is 10.1. The second-order valence-electron chi connectivity index (χ2n) is 5.30. The van der Waals surface area contributed by atoms with Crippen LogP contribution in [0.5, 0.6) is 0 Å². The van der Waals surface area contributed by atoms with E-state index in [1.165, 1.54) is 23.5 Å². The fourth-order valence-electron chi connectivity index (χ4n) is 2.37. The van der Waals surface area contributed by atoms with Gasteiger partial charge >= 0.3 is 0 Å². The Labute approximate surface area is 141 Å². The molecule has 6 heteroatoms. The Balaban J connectivity index is 1.59. The summed E-state index contributed by atoms with van der Waals surface area (Å²) in [5.41, 5.74) is 2.09. The van der Waals surface area contributed by atoms with Gasteiger partial charge in [0.05, 0.1) is 0 Å². The van der Waals surface area contributed by atoms with Crippen LogP contribution < -0.4 is 0 Å². The summed E-state index contributed by atoms with van der Waals surface area (Å²) in [5.74, 6) is 0.499. The highest BCUT2D eigenvalue weighted by atomic mass is 32.1. The number of halogens is 1. The van der Waals surface area contributed by atoms with Gasteiger partial charge in [0.25, 0.3) is 0 Å². The lowest BCUT2D eigenvalue weighted by Gasteiger charge is -1.98. The highest BCUT2D eigenvalue weighted by Crippen LogP contribution is 2.18. The third kappa shape index (κ3) is 3.09. The molecule has 0 amide bonds. The predicted octanol–water partition coefficient (Wildman–Crippen LogP) is 4.09. The highest BCUT2D eigenvalue weighted by molar-refractivity contribution is 7.17. The first-order valence-electron chi connectivity index (χ1n) is 7.47. The molecular weight excluding hydrogens is 323 g/mol. The van der Waals surface area contributed by atoms with Crippen molar-refractivity contribution < 1.29 is 4.39 Å². The predicted molar refractivity (Wildman–Crippen MR) is 93.2 cm³/mol. The van der Waals surface area contributed by atoms with E-state index in [4.69, 9.17) is 0 Å². The molecule has 0 aliphatic carbocycles. The summed E-state index contributed by atoms with van der Waals surface area (Å²) in [4.78, 5) is 0.750. The van der Waals surface area contributed by atoms with E-state index in [1.807, 2.05) is 42.5 Å². The van der Waals surface area contributed by atoms with Gasteiger partial charge in [-0.05, 0) is 29.3 Å². The van der Waals surface area contributed by atoms with Crippen LogP contribution >= 0.6 is 11.3 Å². The van der Waals surface area contributed by atoms with E-state index in [9.17, 15) is 4.39 Å². The van der Waals surface area contributed by atoms with E-state index >= 15 is 0 Å². The Hall–Kier alpha value is -2.86. The summed E-state index contributed by atoms with van der Waals surface area (Å²) in [7, 11) is 0. The SMILES string of the molecule is Fc1ccc(Cc2nnc3sc(C=Cc4ccccc4)nn23)cc1. The first-order chi connectivity index (χ1) is 11.8. The molecule has 118 valence electrons. The van der Waals surface area contributed by atoms with Crippen LogP contribution in [0.3, 0.4) is 0 Å². The summed E-state index contributed by atoms with van der Waals surface area (Å²) in [5, 5.41) is 13.8. The highest BCUT2D eigenvalue weighted by Gasteiger charge is 2.11. The molecule has 0 spiro atoms. The van der Waals surface area contributed by atoms with E-state index in [1.54, 1.807) is 16.6 Å². The molecule has 2 aromatic heterocycles. The molecule has 2 aromatic carbocycles. The Morgan fingerprint density at radius 1 is 0.958 bits per heavy atom. The van der Waals surface area contributed by atoms with Gasteiger partial charge in [0, 0.05) is 6.42 Å². The fraction of sp³-hybridized carbons (Fsp3) is 0.0556. The molecular formula is C18H13FN4S. The molecule has 4 aromatic rings. The van der Waals surface area contributed by atoms with Crippen molar-refractivity contribution in [2.24, 2.45) is 0 Å². The van der Waals surface area contributed by atoms with Crippen LogP contribution in [0, 0.1) is 5.82 Å². The molecule has 4 rings (SSSR count). The summed E-state index contributed by atoms with van der Waals surface area (Å²) >= 11 is 1.48. The number of hydrogen-bond donors (Lipinski definition) is 0. The second kappa shape index (κ2) is 6.33. The average Bonchev–Trinajstić information content (AvgIpc) is 3.17. The van der Waals surface area contributed by atoms with Gasteiger partial charge in [-0.1, -0.05) is 59.9 Å². The van der Waals surface area contributed by atoms with Gasteiger partial charge in [0.15, 0.2) is 5.82 Å². The normalized spacial score (nSPS) is 11.5. The third-order valence-corrected chi connectivity index (χ3v) is 4.43. The maximum absolute atomic E-state index is 13.0. The van der Waals surface area contributed by atoms with Crippen molar-refractivity contribution in [1.82, 2.24) is 19.8 Å². The van der Waals surface area contributed by atoms with Crippen LogP contribution in [0.2, 0.25) is 0 Å². The lowest BCUT2D eigenvalue weighted by Crippen LogP contribution is -1.97. The van der Waals surface area contributed by atoms with Crippen molar-refractivity contribution in [3.8, 4) is 0 Å². The molecule has 2 heterocycles. The van der Waals surface area contributed by atoms with Crippen molar-refractivity contribution in [1.29, 1.82) is 0 Å².